The molecule has 3 nitrogen and oxygen atoms in total. The molecule has 4 heteroatoms. The van der Waals surface area contributed by atoms with E-state index in [-0.39, 0.29) is 6.04 Å². The number of halogens is 1. The van der Waals surface area contributed by atoms with Crippen LogP contribution in [0.5, 0.6) is 5.75 Å². The predicted octanol–water partition coefficient (Wildman–Crippen LogP) is 4.14. The molecule has 0 spiro atoms. The van der Waals surface area contributed by atoms with Gasteiger partial charge in [0.2, 0.25) is 0 Å². The molecule has 0 fully saturated rings. The molecule has 0 amide bonds. The minimum atomic E-state index is 0.226. The number of hydrogen-bond donors (Lipinski definition) is 1. The number of likely N-dealkylation sites (N-methyl/N-ethyl adjacent to an activating group) is 1. The predicted molar refractivity (Wildman–Crippen MR) is 89.7 cm³/mol. The zero-order chi connectivity index (χ0) is 15.1. The van der Waals surface area contributed by atoms with Gasteiger partial charge in [-0.15, -0.1) is 0 Å². The summed E-state index contributed by atoms with van der Waals surface area (Å²) in [5, 5.41) is 3.36. The molecule has 1 heterocycles. The Morgan fingerprint density at radius 1 is 1.24 bits per heavy atom. The molecule has 1 aromatic heterocycles. The van der Waals surface area contributed by atoms with Crippen LogP contribution in [0.3, 0.4) is 0 Å². The standard InChI is InChI=1S/C17H21BrN2O/c1-3-8-21-16-10-14(11-20-12-16)17(19-2)9-13-4-6-15(18)7-5-13/h4-7,10-12,17,19H,3,8-9H2,1-2H3. The molecule has 1 aromatic carbocycles. The van der Waals surface area contributed by atoms with Crippen molar-refractivity contribution in [3.8, 4) is 5.75 Å². The molecular weight excluding hydrogens is 328 g/mol. The molecule has 112 valence electrons. The Morgan fingerprint density at radius 3 is 2.67 bits per heavy atom. The second kappa shape index (κ2) is 8.15. The van der Waals surface area contributed by atoms with E-state index in [1.807, 2.05) is 13.2 Å². The van der Waals surface area contributed by atoms with E-state index < -0.39 is 0 Å². The van der Waals surface area contributed by atoms with Crippen LogP contribution < -0.4 is 10.1 Å². The van der Waals surface area contributed by atoms with E-state index >= 15 is 0 Å². The second-order valence-electron chi connectivity index (χ2n) is 4.97. The first-order valence-electron chi connectivity index (χ1n) is 7.22. The summed E-state index contributed by atoms with van der Waals surface area (Å²) in [7, 11) is 1.98. The van der Waals surface area contributed by atoms with Gasteiger partial charge >= 0.3 is 0 Å². The summed E-state index contributed by atoms with van der Waals surface area (Å²) < 4.78 is 6.76. The normalized spacial score (nSPS) is 12.1. The van der Waals surface area contributed by atoms with Gasteiger partial charge in [0.25, 0.3) is 0 Å². The van der Waals surface area contributed by atoms with Crippen LogP contribution in [0.4, 0.5) is 0 Å². The topological polar surface area (TPSA) is 34.1 Å². The maximum atomic E-state index is 5.66. The van der Waals surface area contributed by atoms with E-state index in [1.165, 1.54) is 5.56 Å². The number of nitrogens with one attached hydrogen (secondary N) is 1. The van der Waals surface area contributed by atoms with E-state index in [9.17, 15) is 0 Å². The average molecular weight is 349 g/mol. The quantitative estimate of drug-likeness (QED) is 0.816. The van der Waals surface area contributed by atoms with Crippen LogP contribution >= 0.6 is 15.9 Å². The van der Waals surface area contributed by atoms with E-state index in [1.54, 1.807) is 6.20 Å². The highest BCUT2D eigenvalue weighted by Crippen LogP contribution is 2.22. The lowest BCUT2D eigenvalue weighted by Gasteiger charge is -2.17. The first-order valence-corrected chi connectivity index (χ1v) is 8.01. The Kier molecular flexibility index (Phi) is 6.21. The fraction of sp³-hybridized carbons (Fsp3) is 0.353. The summed E-state index contributed by atoms with van der Waals surface area (Å²) in [6, 6.07) is 10.7. The average Bonchev–Trinajstić information content (AvgIpc) is 2.52. The lowest BCUT2D eigenvalue weighted by Crippen LogP contribution is -2.19. The van der Waals surface area contributed by atoms with Gasteiger partial charge in [-0.1, -0.05) is 35.0 Å². The number of rotatable bonds is 7. The first kappa shape index (κ1) is 16.0. The molecule has 0 aliphatic rings. The molecule has 0 aliphatic heterocycles. The van der Waals surface area contributed by atoms with Crippen LogP contribution in [0.2, 0.25) is 0 Å². The van der Waals surface area contributed by atoms with Crippen molar-refractivity contribution in [2.24, 2.45) is 0 Å². The summed E-state index contributed by atoms with van der Waals surface area (Å²) in [5.41, 5.74) is 2.44. The van der Waals surface area contributed by atoms with Crippen molar-refractivity contribution in [1.82, 2.24) is 10.3 Å². The van der Waals surface area contributed by atoms with Crippen LogP contribution in [0, 0.1) is 0 Å². The smallest absolute Gasteiger partial charge is 0.137 e. The van der Waals surface area contributed by atoms with E-state index in [4.69, 9.17) is 4.74 Å². The number of aromatic nitrogens is 1. The van der Waals surface area contributed by atoms with Crippen molar-refractivity contribution in [3.63, 3.8) is 0 Å². The Bertz CT molecular complexity index is 557. The molecular formula is C17H21BrN2O. The van der Waals surface area contributed by atoms with E-state index in [0.29, 0.717) is 0 Å². The third kappa shape index (κ3) is 4.83. The Morgan fingerprint density at radius 2 is 2.00 bits per heavy atom. The highest BCUT2D eigenvalue weighted by molar-refractivity contribution is 9.10. The van der Waals surface area contributed by atoms with E-state index in [2.05, 4.69) is 63.5 Å². The fourth-order valence-electron chi connectivity index (χ4n) is 2.17. The minimum Gasteiger partial charge on any atom is -0.492 e. The minimum absolute atomic E-state index is 0.226. The summed E-state index contributed by atoms with van der Waals surface area (Å²) in [4.78, 5) is 4.29. The molecule has 0 bridgehead atoms. The summed E-state index contributed by atoms with van der Waals surface area (Å²) in [5.74, 6) is 0.838. The van der Waals surface area contributed by atoms with Crippen molar-refractivity contribution >= 4 is 15.9 Å². The van der Waals surface area contributed by atoms with Gasteiger partial charge in [0.15, 0.2) is 0 Å². The van der Waals surface area contributed by atoms with Crippen molar-refractivity contribution in [2.75, 3.05) is 13.7 Å². The van der Waals surface area contributed by atoms with Gasteiger partial charge < -0.3 is 10.1 Å². The Balaban J connectivity index is 2.11. The lowest BCUT2D eigenvalue weighted by molar-refractivity contribution is 0.315. The van der Waals surface area contributed by atoms with Gasteiger partial charge in [0, 0.05) is 16.7 Å². The number of benzene rings is 1. The molecule has 21 heavy (non-hydrogen) atoms. The molecule has 2 aromatic rings. The molecule has 0 aliphatic carbocycles. The van der Waals surface area contributed by atoms with Crippen LogP contribution in [-0.2, 0) is 6.42 Å². The highest BCUT2D eigenvalue weighted by Gasteiger charge is 2.11. The first-order chi connectivity index (χ1) is 10.2. The number of pyridine rings is 1. The molecule has 0 radical (unpaired) electrons. The molecule has 1 unspecified atom stereocenters. The van der Waals surface area contributed by atoms with Gasteiger partial charge in [-0.3, -0.25) is 4.98 Å². The maximum Gasteiger partial charge on any atom is 0.137 e. The van der Waals surface area contributed by atoms with Crippen LogP contribution in [0.25, 0.3) is 0 Å². The van der Waals surface area contributed by atoms with Gasteiger partial charge in [-0.25, -0.2) is 0 Å². The van der Waals surface area contributed by atoms with Crippen LogP contribution in [0.1, 0.15) is 30.5 Å². The van der Waals surface area contributed by atoms with E-state index in [0.717, 1.165) is 35.2 Å². The largest absolute Gasteiger partial charge is 0.492 e. The Labute approximate surface area is 134 Å². The third-order valence-electron chi connectivity index (χ3n) is 3.31. The molecule has 0 saturated carbocycles. The molecule has 0 saturated heterocycles. The van der Waals surface area contributed by atoms with Crippen molar-refractivity contribution < 1.29 is 4.74 Å². The van der Waals surface area contributed by atoms with Crippen molar-refractivity contribution in [1.29, 1.82) is 0 Å². The SMILES string of the molecule is CCCOc1cncc(C(Cc2ccc(Br)cc2)NC)c1. The van der Waals surface area contributed by atoms with Gasteiger partial charge in [-0.05, 0) is 49.2 Å². The third-order valence-corrected chi connectivity index (χ3v) is 3.84. The summed E-state index contributed by atoms with van der Waals surface area (Å²) in [6.45, 7) is 2.82. The van der Waals surface area contributed by atoms with Crippen LogP contribution in [0.15, 0.2) is 47.2 Å². The zero-order valence-electron chi connectivity index (χ0n) is 12.5. The monoisotopic (exact) mass is 348 g/mol. The van der Waals surface area contributed by atoms with Gasteiger partial charge in [0.05, 0.1) is 12.8 Å². The van der Waals surface area contributed by atoms with Crippen LogP contribution in [-0.4, -0.2) is 18.6 Å². The summed E-state index contributed by atoms with van der Waals surface area (Å²) in [6.07, 6.45) is 5.59. The van der Waals surface area contributed by atoms with Gasteiger partial charge in [-0.2, -0.15) is 0 Å². The maximum absolute atomic E-state index is 5.66. The zero-order valence-corrected chi connectivity index (χ0v) is 14.1. The highest BCUT2D eigenvalue weighted by atomic mass is 79.9. The number of ether oxygens (including phenoxy) is 1. The number of hydrogen-bond acceptors (Lipinski definition) is 3. The lowest BCUT2D eigenvalue weighted by atomic mass is 10.0. The summed E-state index contributed by atoms with van der Waals surface area (Å²) >= 11 is 3.47. The number of nitrogens with zero attached hydrogens (tertiary/aromatic N) is 1. The van der Waals surface area contributed by atoms with Crippen molar-refractivity contribution in [2.45, 2.75) is 25.8 Å². The Hall–Kier alpha value is -1.39. The second-order valence-corrected chi connectivity index (χ2v) is 5.89. The fourth-order valence-corrected chi connectivity index (χ4v) is 2.43. The van der Waals surface area contributed by atoms with Crippen molar-refractivity contribution in [3.05, 3.63) is 58.3 Å². The van der Waals surface area contributed by atoms with Gasteiger partial charge in [0.1, 0.15) is 5.75 Å². The molecule has 1 atom stereocenters. The molecule has 2 rings (SSSR count). The molecule has 1 N–H and O–H groups in total.